The Morgan fingerprint density at radius 3 is 2.64 bits per heavy atom. The fourth-order valence-corrected chi connectivity index (χ4v) is 2.14. The molecule has 0 aliphatic rings. The van der Waals surface area contributed by atoms with Gasteiger partial charge in [-0.05, 0) is 25.7 Å². The fraction of sp³-hybridized carbons (Fsp3) is 0.455. The van der Waals surface area contributed by atoms with Gasteiger partial charge in [0.1, 0.15) is 5.82 Å². The van der Waals surface area contributed by atoms with Gasteiger partial charge in [-0.15, -0.1) is 0 Å². The van der Waals surface area contributed by atoms with E-state index < -0.39 is 0 Å². The van der Waals surface area contributed by atoms with Crippen LogP contribution in [-0.2, 0) is 5.75 Å². The summed E-state index contributed by atoms with van der Waals surface area (Å²) in [5.74, 6) is 1.71. The van der Waals surface area contributed by atoms with Crippen LogP contribution < -0.4 is 0 Å². The molecule has 0 aromatic heterocycles. The highest BCUT2D eigenvalue weighted by Gasteiger charge is 2.00. The number of hydrogen-bond donors (Lipinski definition) is 0. The van der Waals surface area contributed by atoms with Gasteiger partial charge in [0.25, 0.3) is 0 Å². The zero-order valence-electron chi connectivity index (χ0n) is 8.66. The van der Waals surface area contributed by atoms with Crippen molar-refractivity contribution in [1.82, 2.24) is 4.90 Å². The van der Waals surface area contributed by atoms with Crippen LogP contribution in [0.1, 0.15) is 5.56 Å². The van der Waals surface area contributed by atoms with Crippen LogP contribution in [0.25, 0.3) is 0 Å². The summed E-state index contributed by atoms with van der Waals surface area (Å²) in [7, 11) is 4.09. The third-order valence-electron chi connectivity index (χ3n) is 1.90. The minimum absolute atomic E-state index is 0.0927. The highest BCUT2D eigenvalue weighted by atomic mass is 32.2. The molecule has 0 aliphatic carbocycles. The van der Waals surface area contributed by atoms with E-state index in [9.17, 15) is 4.39 Å². The maximum absolute atomic E-state index is 13.2. The van der Waals surface area contributed by atoms with Crippen LogP contribution in [0.3, 0.4) is 0 Å². The quantitative estimate of drug-likeness (QED) is 0.692. The Balaban J connectivity index is 2.28. The zero-order chi connectivity index (χ0) is 10.4. The van der Waals surface area contributed by atoms with Gasteiger partial charge < -0.3 is 4.90 Å². The molecule has 0 unspecified atom stereocenters. The summed E-state index contributed by atoms with van der Waals surface area (Å²) in [6, 6.07) is 6.97. The lowest BCUT2D eigenvalue weighted by Gasteiger charge is -2.08. The molecule has 0 radical (unpaired) electrons. The van der Waals surface area contributed by atoms with E-state index in [2.05, 4.69) is 4.90 Å². The molecule has 0 heterocycles. The number of halogens is 1. The highest BCUT2D eigenvalue weighted by Crippen LogP contribution is 2.14. The van der Waals surface area contributed by atoms with Gasteiger partial charge in [-0.25, -0.2) is 4.39 Å². The van der Waals surface area contributed by atoms with Gasteiger partial charge in [-0.2, -0.15) is 11.8 Å². The largest absolute Gasteiger partial charge is 0.309 e. The van der Waals surface area contributed by atoms with E-state index in [1.165, 1.54) is 6.07 Å². The fourth-order valence-electron chi connectivity index (χ4n) is 1.04. The smallest absolute Gasteiger partial charge is 0.127 e. The number of hydrogen-bond acceptors (Lipinski definition) is 2. The van der Waals surface area contributed by atoms with Crippen molar-refractivity contribution >= 4 is 11.8 Å². The van der Waals surface area contributed by atoms with Crippen molar-refractivity contribution in [2.75, 3.05) is 26.4 Å². The summed E-state index contributed by atoms with van der Waals surface area (Å²) >= 11 is 1.77. The first-order valence-corrected chi connectivity index (χ1v) is 5.81. The molecule has 3 heteroatoms. The Labute approximate surface area is 89.3 Å². The topological polar surface area (TPSA) is 3.24 Å². The lowest BCUT2D eigenvalue weighted by Crippen LogP contribution is -2.14. The van der Waals surface area contributed by atoms with Gasteiger partial charge >= 0.3 is 0 Å². The summed E-state index contributed by atoms with van der Waals surface area (Å²) in [5, 5.41) is 0. The molecule has 0 saturated carbocycles. The maximum Gasteiger partial charge on any atom is 0.127 e. The van der Waals surface area contributed by atoms with E-state index in [1.807, 2.05) is 26.2 Å². The Kier molecular flexibility index (Phi) is 4.98. The van der Waals surface area contributed by atoms with Crippen molar-refractivity contribution in [3.63, 3.8) is 0 Å². The van der Waals surface area contributed by atoms with E-state index in [1.54, 1.807) is 17.8 Å². The lowest BCUT2D eigenvalue weighted by atomic mass is 10.2. The Hall–Kier alpha value is -0.540. The molecular formula is C11H16FNS. The second-order valence-electron chi connectivity index (χ2n) is 3.45. The molecule has 1 rings (SSSR count). The molecular weight excluding hydrogens is 197 g/mol. The summed E-state index contributed by atoms with van der Waals surface area (Å²) in [6.07, 6.45) is 0. The molecule has 1 aromatic rings. The molecule has 0 saturated heterocycles. The Morgan fingerprint density at radius 2 is 2.00 bits per heavy atom. The van der Waals surface area contributed by atoms with Gasteiger partial charge in [-0.1, -0.05) is 18.2 Å². The molecule has 0 atom stereocenters. The molecule has 0 fully saturated rings. The van der Waals surface area contributed by atoms with Gasteiger partial charge in [0.15, 0.2) is 0 Å². The third-order valence-corrected chi connectivity index (χ3v) is 2.88. The highest BCUT2D eigenvalue weighted by molar-refractivity contribution is 7.98. The van der Waals surface area contributed by atoms with Crippen molar-refractivity contribution in [2.24, 2.45) is 0 Å². The molecule has 0 aliphatic heterocycles. The molecule has 0 spiro atoms. The summed E-state index contributed by atoms with van der Waals surface area (Å²) < 4.78 is 13.2. The lowest BCUT2D eigenvalue weighted by molar-refractivity contribution is 0.437. The first kappa shape index (κ1) is 11.5. The van der Waals surface area contributed by atoms with Crippen LogP contribution in [0.4, 0.5) is 4.39 Å². The normalized spacial score (nSPS) is 10.9. The van der Waals surface area contributed by atoms with Gasteiger partial charge in [0.2, 0.25) is 0 Å². The second-order valence-corrected chi connectivity index (χ2v) is 4.55. The minimum atomic E-state index is -0.0927. The van der Waals surface area contributed by atoms with Crippen LogP contribution in [0, 0.1) is 5.82 Å². The molecule has 1 nitrogen and oxygen atoms in total. The van der Waals surface area contributed by atoms with E-state index in [4.69, 9.17) is 0 Å². The number of benzene rings is 1. The first-order chi connectivity index (χ1) is 6.70. The Morgan fingerprint density at radius 1 is 1.29 bits per heavy atom. The third kappa shape index (κ3) is 4.11. The van der Waals surface area contributed by atoms with Gasteiger partial charge in [-0.3, -0.25) is 0 Å². The maximum atomic E-state index is 13.2. The van der Waals surface area contributed by atoms with Crippen molar-refractivity contribution in [2.45, 2.75) is 5.75 Å². The van der Waals surface area contributed by atoms with Crippen molar-refractivity contribution in [3.05, 3.63) is 35.6 Å². The first-order valence-electron chi connectivity index (χ1n) is 4.66. The standard InChI is InChI=1S/C11H16FNS/c1-13(2)7-8-14-9-10-5-3-4-6-11(10)12/h3-6H,7-9H2,1-2H3. The molecule has 14 heavy (non-hydrogen) atoms. The van der Waals surface area contributed by atoms with Gasteiger partial charge in [0, 0.05) is 18.1 Å². The van der Waals surface area contributed by atoms with Crippen LogP contribution in [0.5, 0.6) is 0 Å². The summed E-state index contributed by atoms with van der Waals surface area (Å²) in [4.78, 5) is 2.13. The van der Waals surface area contributed by atoms with Crippen LogP contribution in [0.15, 0.2) is 24.3 Å². The predicted octanol–water partition coefficient (Wildman–Crippen LogP) is 2.62. The summed E-state index contributed by atoms with van der Waals surface area (Å²) in [6.45, 7) is 1.04. The van der Waals surface area contributed by atoms with E-state index in [0.29, 0.717) is 0 Å². The molecule has 1 aromatic carbocycles. The van der Waals surface area contributed by atoms with Crippen molar-refractivity contribution in [3.8, 4) is 0 Å². The SMILES string of the molecule is CN(C)CCSCc1ccccc1F. The average Bonchev–Trinajstić information content (AvgIpc) is 2.15. The van der Waals surface area contributed by atoms with E-state index in [-0.39, 0.29) is 5.82 Å². The van der Waals surface area contributed by atoms with E-state index in [0.717, 1.165) is 23.6 Å². The Bertz CT molecular complexity index is 276. The number of thioether (sulfide) groups is 1. The van der Waals surface area contributed by atoms with Crippen molar-refractivity contribution in [1.29, 1.82) is 0 Å². The molecule has 0 N–H and O–H groups in total. The van der Waals surface area contributed by atoms with Crippen molar-refractivity contribution < 1.29 is 4.39 Å². The predicted molar refractivity (Wildman–Crippen MR) is 61.1 cm³/mol. The number of rotatable bonds is 5. The van der Waals surface area contributed by atoms with E-state index >= 15 is 0 Å². The average molecular weight is 213 g/mol. The van der Waals surface area contributed by atoms with Gasteiger partial charge in [0.05, 0.1) is 0 Å². The van der Waals surface area contributed by atoms with Crippen LogP contribution in [0.2, 0.25) is 0 Å². The van der Waals surface area contributed by atoms with Crippen LogP contribution in [-0.4, -0.2) is 31.3 Å². The van der Waals surface area contributed by atoms with Crippen LogP contribution >= 0.6 is 11.8 Å². The molecule has 78 valence electrons. The zero-order valence-corrected chi connectivity index (χ0v) is 9.48. The minimum Gasteiger partial charge on any atom is -0.309 e. The monoisotopic (exact) mass is 213 g/mol. The second kappa shape index (κ2) is 6.04. The molecule has 0 amide bonds. The summed E-state index contributed by atoms with van der Waals surface area (Å²) in [5.41, 5.74) is 0.802. The molecule has 0 bridgehead atoms. The number of nitrogens with zero attached hydrogens (tertiary/aromatic N) is 1.